The molecule has 0 fully saturated rings. The molecule has 2 N–H and O–H groups in total. The highest BCUT2D eigenvalue weighted by atomic mass is 16.5. The Balaban J connectivity index is 1.98. The van der Waals surface area contributed by atoms with Crippen LogP contribution in [-0.2, 0) is 0 Å². The van der Waals surface area contributed by atoms with E-state index in [0.29, 0.717) is 0 Å². The quantitative estimate of drug-likeness (QED) is 0.892. The van der Waals surface area contributed by atoms with Crippen molar-refractivity contribution in [2.24, 2.45) is 0 Å². The maximum atomic E-state index is 9.93. The van der Waals surface area contributed by atoms with Gasteiger partial charge >= 0.3 is 0 Å². The summed E-state index contributed by atoms with van der Waals surface area (Å²) in [6, 6.07) is 16.0. The standard InChI is InChI=1S/C18H21NO2/c1-12(20)13-8-4-6-10-15(13)19-17-14-9-5-7-11-16(14)21-18(17,2)3/h4-12,17,19-20H,1-3H3. The van der Waals surface area contributed by atoms with Crippen LogP contribution in [0.3, 0.4) is 0 Å². The minimum absolute atomic E-state index is 0.0496. The summed E-state index contributed by atoms with van der Waals surface area (Å²) in [7, 11) is 0. The first-order valence-electron chi connectivity index (χ1n) is 7.30. The summed E-state index contributed by atoms with van der Waals surface area (Å²) < 4.78 is 6.05. The fraction of sp³-hybridized carbons (Fsp3) is 0.333. The van der Waals surface area contributed by atoms with Gasteiger partial charge in [0, 0.05) is 16.8 Å². The van der Waals surface area contributed by atoms with Crippen molar-refractivity contribution in [3.63, 3.8) is 0 Å². The van der Waals surface area contributed by atoms with Gasteiger partial charge < -0.3 is 15.2 Å². The van der Waals surface area contributed by atoms with Crippen LogP contribution in [0.15, 0.2) is 48.5 Å². The van der Waals surface area contributed by atoms with E-state index >= 15 is 0 Å². The molecule has 2 aromatic rings. The first kappa shape index (κ1) is 14.0. The molecule has 1 aliphatic heterocycles. The van der Waals surface area contributed by atoms with Crippen molar-refractivity contribution in [1.29, 1.82) is 0 Å². The van der Waals surface area contributed by atoms with Gasteiger partial charge in [0.15, 0.2) is 0 Å². The fourth-order valence-corrected chi connectivity index (χ4v) is 2.93. The molecule has 3 rings (SSSR count). The van der Waals surface area contributed by atoms with Crippen molar-refractivity contribution in [2.75, 3.05) is 5.32 Å². The van der Waals surface area contributed by atoms with Crippen LogP contribution in [-0.4, -0.2) is 10.7 Å². The van der Waals surface area contributed by atoms with Gasteiger partial charge in [0.1, 0.15) is 11.4 Å². The Morgan fingerprint density at radius 3 is 2.52 bits per heavy atom. The third-order valence-electron chi connectivity index (χ3n) is 4.01. The molecule has 1 heterocycles. The van der Waals surface area contributed by atoms with Gasteiger partial charge in [-0.05, 0) is 32.9 Å². The Bertz CT molecular complexity index is 649. The monoisotopic (exact) mass is 283 g/mol. The van der Waals surface area contributed by atoms with Crippen molar-refractivity contribution in [1.82, 2.24) is 0 Å². The molecule has 2 atom stereocenters. The van der Waals surface area contributed by atoms with Crippen LogP contribution in [0.5, 0.6) is 5.75 Å². The van der Waals surface area contributed by atoms with E-state index in [0.717, 1.165) is 22.6 Å². The molecule has 110 valence electrons. The van der Waals surface area contributed by atoms with Crippen LogP contribution in [0.4, 0.5) is 5.69 Å². The summed E-state index contributed by atoms with van der Waals surface area (Å²) in [5, 5.41) is 13.5. The molecule has 0 saturated carbocycles. The largest absolute Gasteiger partial charge is 0.485 e. The fourth-order valence-electron chi connectivity index (χ4n) is 2.93. The first-order valence-corrected chi connectivity index (χ1v) is 7.30. The van der Waals surface area contributed by atoms with Gasteiger partial charge in [0.2, 0.25) is 0 Å². The van der Waals surface area contributed by atoms with Crippen LogP contribution in [0.1, 0.15) is 44.0 Å². The average molecular weight is 283 g/mol. The van der Waals surface area contributed by atoms with Crippen LogP contribution in [0.25, 0.3) is 0 Å². The third kappa shape index (κ3) is 2.49. The van der Waals surface area contributed by atoms with E-state index in [1.54, 1.807) is 6.92 Å². The summed E-state index contributed by atoms with van der Waals surface area (Å²) in [4.78, 5) is 0. The summed E-state index contributed by atoms with van der Waals surface area (Å²) in [5.74, 6) is 0.925. The zero-order chi connectivity index (χ0) is 15.0. The van der Waals surface area contributed by atoms with Crippen molar-refractivity contribution in [3.8, 4) is 5.75 Å². The maximum absolute atomic E-state index is 9.93. The maximum Gasteiger partial charge on any atom is 0.128 e. The summed E-state index contributed by atoms with van der Waals surface area (Å²) in [6.07, 6.45) is -0.505. The van der Waals surface area contributed by atoms with E-state index in [4.69, 9.17) is 4.74 Å². The number of para-hydroxylation sites is 2. The molecule has 0 aliphatic carbocycles. The number of hydrogen-bond donors (Lipinski definition) is 2. The summed E-state index contributed by atoms with van der Waals surface area (Å²) >= 11 is 0. The lowest BCUT2D eigenvalue weighted by Gasteiger charge is -2.29. The SMILES string of the molecule is CC(O)c1ccccc1NC1c2ccccc2OC1(C)C. The Morgan fingerprint density at radius 1 is 1.10 bits per heavy atom. The molecular weight excluding hydrogens is 262 g/mol. The highest BCUT2D eigenvalue weighted by Crippen LogP contribution is 2.45. The van der Waals surface area contributed by atoms with Gasteiger partial charge in [-0.15, -0.1) is 0 Å². The lowest BCUT2D eigenvalue weighted by atomic mass is 9.93. The average Bonchev–Trinajstić information content (AvgIpc) is 2.70. The minimum atomic E-state index is -0.505. The van der Waals surface area contributed by atoms with Crippen molar-refractivity contribution >= 4 is 5.69 Å². The van der Waals surface area contributed by atoms with Gasteiger partial charge in [0.25, 0.3) is 0 Å². The predicted molar refractivity (Wildman–Crippen MR) is 84.6 cm³/mol. The Kier molecular flexibility index (Phi) is 3.38. The number of rotatable bonds is 3. The van der Waals surface area contributed by atoms with Crippen LogP contribution in [0.2, 0.25) is 0 Å². The molecule has 3 heteroatoms. The number of hydrogen-bond acceptors (Lipinski definition) is 3. The minimum Gasteiger partial charge on any atom is -0.485 e. The number of anilines is 1. The van der Waals surface area contributed by atoms with Gasteiger partial charge in [-0.1, -0.05) is 36.4 Å². The van der Waals surface area contributed by atoms with Crippen molar-refractivity contribution < 1.29 is 9.84 Å². The lowest BCUT2D eigenvalue weighted by Crippen LogP contribution is -2.35. The number of benzene rings is 2. The number of aliphatic hydroxyl groups is 1. The van der Waals surface area contributed by atoms with Crippen molar-refractivity contribution in [2.45, 2.75) is 38.5 Å². The molecule has 0 amide bonds. The Labute approximate surface area is 125 Å². The van der Waals surface area contributed by atoms with Gasteiger partial charge in [-0.3, -0.25) is 0 Å². The van der Waals surface area contributed by atoms with Crippen LogP contribution in [0, 0.1) is 0 Å². The number of ether oxygens (including phenoxy) is 1. The molecule has 0 aromatic heterocycles. The Hall–Kier alpha value is -2.00. The number of fused-ring (bicyclic) bond motifs is 1. The van der Waals surface area contributed by atoms with Crippen LogP contribution < -0.4 is 10.1 Å². The normalized spacial score (nSPS) is 20.5. The highest BCUT2D eigenvalue weighted by molar-refractivity contribution is 5.56. The summed E-state index contributed by atoms with van der Waals surface area (Å²) in [5.41, 5.74) is 2.67. The van der Waals surface area contributed by atoms with Gasteiger partial charge in [0.05, 0.1) is 12.1 Å². The second-order valence-electron chi connectivity index (χ2n) is 6.08. The molecule has 0 bridgehead atoms. The molecule has 2 unspecified atom stereocenters. The third-order valence-corrected chi connectivity index (χ3v) is 4.01. The zero-order valence-corrected chi connectivity index (χ0v) is 12.6. The lowest BCUT2D eigenvalue weighted by molar-refractivity contribution is 0.118. The number of nitrogens with one attached hydrogen (secondary N) is 1. The first-order chi connectivity index (χ1) is 9.99. The molecule has 21 heavy (non-hydrogen) atoms. The van der Waals surface area contributed by atoms with E-state index in [1.165, 1.54) is 0 Å². The second kappa shape index (κ2) is 5.08. The molecule has 1 aliphatic rings. The highest BCUT2D eigenvalue weighted by Gasteiger charge is 2.41. The topological polar surface area (TPSA) is 41.5 Å². The van der Waals surface area contributed by atoms with Gasteiger partial charge in [-0.2, -0.15) is 0 Å². The van der Waals surface area contributed by atoms with E-state index < -0.39 is 6.10 Å². The molecule has 0 saturated heterocycles. The van der Waals surface area contributed by atoms with E-state index in [-0.39, 0.29) is 11.6 Å². The van der Waals surface area contributed by atoms with E-state index in [1.807, 2.05) is 42.5 Å². The van der Waals surface area contributed by atoms with Crippen molar-refractivity contribution in [3.05, 3.63) is 59.7 Å². The molecule has 3 nitrogen and oxygen atoms in total. The predicted octanol–water partition coefficient (Wildman–Crippen LogP) is 4.06. The zero-order valence-electron chi connectivity index (χ0n) is 12.6. The van der Waals surface area contributed by atoms with Gasteiger partial charge in [-0.25, -0.2) is 0 Å². The smallest absolute Gasteiger partial charge is 0.128 e. The second-order valence-corrected chi connectivity index (χ2v) is 6.08. The van der Waals surface area contributed by atoms with Crippen LogP contribution >= 0.6 is 0 Å². The Morgan fingerprint density at radius 2 is 1.76 bits per heavy atom. The molecule has 2 aromatic carbocycles. The number of aliphatic hydroxyl groups excluding tert-OH is 1. The van der Waals surface area contributed by atoms with E-state index in [9.17, 15) is 5.11 Å². The molecule has 0 radical (unpaired) electrons. The van der Waals surface area contributed by atoms with E-state index in [2.05, 4.69) is 25.2 Å². The molecular formula is C18H21NO2. The summed E-state index contributed by atoms with van der Waals surface area (Å²) in [6.45, 7) is 5.94. The molecule has 0 spiro atoms.